The zero-order valence-electron chi connectivity index (χ0n) is 9.15. The van der Waals surface area contributed by atoms with Gasteiger partial charge in [-0.05, 0) is 24.4 Å². The molecule has 1 aromatic heterocycles. The first-order chi connectivity index (χ1) is 8.17. The van der Waals surface area contributed by atoms with Crippen LogP contribution < -0.4 is 5.32 Å². The Labute approximate surface area is 103 Å². The zero-order valence-corrected chi connectivity index (χ0v) is 9.97. The molecular formula is C11H10N4OS. The maximum atomic E-state index is 11.4. The smallest absolute Gasteiger partial charge is 0.239 e. The van der Waals surface area contributed by atoms with Crippen LogP contribution in [0, 0.1) is 16.1 Å². The third-order valence-electron chi connectivity index (χ3n) is 2.51. The summed E-state index contributed by atoms with van der Waals surface area (Å²) < 4.78 is 2.11. The van der Waals surface area contributed by atoms with Crippen LogP contribution in [0.15, 0.2) is 18.2 Å². The van der Waals surface area contributed by atoms with E-state index < -0.39 is 0 Å². The number of nitriles is 1. The monoisotopic (exact) mass is 246 g/mol. The van der Waals surface area contributed by atoms with Crippen molar-refractivity contribution in [3.63, 3.8) is 0 Å². The van der Waals surface area contributed by atoms with Gasteiger partial charge in [0.05, 0.1) is 16.6 Å². The van der Waals surface area contributed by atoms with Gasteiger partial charge in [0.2, 0.25) is 5.91 Å². The number of hydrogen-bond acceptors (Lipinski definition) is 3. The number of fused-ring (bicyclic) bond motifs is 1. The standard InChI is InChI=1S/C11H10N4OS/c1-13-9(16)6-15-8-4-2-3-7(5-12)10(8)14-11(15)17/h2-4H,6H2,1H3,(H,13,16)(H,14,17). The number of imidazole rings is 1. The molecule has 2 rings (SSSR count). The number of carbonyl (C=O) groups is 1. The van der Waals surface area contributed by atoms with Gasteiger partial charge in [0.25, 0.3) is 0 Å². The SMILES string of the molecule is CNC(=O)Cn1c(=S)[nH]c2c(C#N)cccc21. The molecule has 0 aliphatic rings. The predicted octanol–water partition coefficient (Wildman–Crippen LogP) is 1.32. The minimum absolute atomic E-state index is 0.135. The van der Waals surface area contributed by atoms with Gasteiger partial charge in [-0.25, -0.2) is 0 Å². The number of amides is 1. The molecule has 86 valence electrons. The Balaban J connectivity index is 2.65. The number of nitrogens with one attached hydrogen (secondary N) is 2. The molecule has 0 bridgehead atoms. The second-order valence-corrected chi connectivity index (χ2v) is 3.89. The third-order valence-corrected chi connectivity index (χ3v) is 2.83. The van der Waals surface area contributed by atoms with Crippen molar-refractivity contribution in [2.24, 2.45) is 0 Å². The fraction of sp³-hybridized carbons (Fsp3) is 0.182. The lowest BCUT2D eigenvalue weighted by Gasteiger charge is -2.02. The zero-order chi connectivity index (χ0) is 12.4. The van der Waals surface area contributed by atoms with Crippen molar-refractivity contribution in [1.82, 2.24) is 14.9 Å². The quantitative estimate of drug-likeness (QED) is 0.785. The van der Waals surface area contributed by atoms with E-state index >= 15 is 0 Å². The first-order valence-corrected chi connectivity index (χ1v) is 5.40. The van der Waals surface area contributed by atoms with Gasteiger partial charge in [-0.1, -0.05) is 6.07 Å². The van der Waals surface area contributed by atoms with E-state index in [1.807, 2.05) is 6.07 Å². The second-order valence-electron chi connectivity index (χ2n) is 3.50. The van der Waals surface area contributed by atoms with Crippen molar-refractivity contribution >= 4 is 29.2 Å². The molecule has 0 spiro atoms. The summed E-state index contributed by atoms with van der Waals surface area (Å²) in [6.07, 6.45) is 0. The van der Waals surface area contributed by atoms with Crippen molar-refractivity contribution in [1.29, 1.82) is 5.26 Å². The Morgan fingerprint density at radius 3 is 3.06 bits per heavy atom. The maximum absolute atomic E-state index is 11.4. The lowest BCUT2D eigenvalue weighted by Crippen LogP contribution is -2.23. The van der Waals surface area contributed by atoms with Crippen molar-refractivity contribution in [3.05, 3.63) is 28.5 Å². The molecule has 1 heterocycles. The van der Waals surface area contributed by atoms with Gasteiger partial charge in [-0.3, -0.25) is 4.79 Å². The number of para-hydroxylation sites is 1. The Hall–Kier alpha value is -2.13. The Morgan fingerprint density at radius 1 is 1.65 bits per heavy atom. The third kappa shape index (κ3) is 1.92. The van der Waals surface area contributed by atoms with Crippen LogP contribution in [0.2, 0.25) is 0 Å². The topological polar surface area (TPSA) is 73.6 Å². The highest BCUT2D eigenvalue weighted by molar-refractivity contribution is 7.71. The molecule has 0 saturated heterocycles. The van der Waals surface area contributed by atoms with Gasteiger partial charge in [-0.2, -0.15) is 5.26 Å². The van der Waals surface area contributed by atoms with Gasteiger partial charge < -0.3 is 14.9 Å². The fourth-order valence-electron chi connectivity index (χ4n) is 1.65. The molecule has 2 N–H and O–H groups in total. The van der Waals surface area contributed by atoms with Gasteiger partial charge in [0, 0.05) is 7.05 Å². The van der Waals surface area contributed by atoms with Crippen molar-refractivity contribution in [2.75, 3.05) is 7.05 Å². The van der Waals surface area contributed by atoms with Crippen LogP contribution in [-0.4, -0.2) is 22.5 Å². The summed E-state index contributed by atoms with van der Waals surface area (Å²) in [5, 5.41) is 11.5. The number of likely N-dealkylation sites (N-methyl/N-ethyl adjacent to an activating group) is 1. The number of H-pyrrole nitrogens is 1. The lowest BCUT2D eigenvalue weighted by atomic mass is 10.2. The molecule has 0 atom stereocenters. The molecule has 0 radical (unpaired) electrons. The lowest BCUT2D eigenvalue weighted by molar-refractivity contribution is -0.121. The highest BCUT2D eigenvalue weighted by Crippen LogP contribution is 2.17. The Bertz CT molecular complexity index is 677. The molecule has 6 heteroatoms. The van der Waals surface area contributed by atoms with Gasteiger partial charge in [-0.15, -0.1) is 0 Å². The Kier molecular flexibility index (Phi) is 2.93. The molecule has 17 heavy (non-hydrogen) atoms. The van der Waals surface area contributed by atoms with E-state index in [1.165, 1.54) is 0 Å². The Morgan fingerprint density at radius 2 is 2.41 bits per heavy atom. The number of aromatic amines is 1. The van der Waals surface area contributed by atoms with Crippen LogP contribution in [0.5, 0.6) is 0 Å². The van der Waals surface area contributed by atoms with Crippen LogP contribution in [0.4, 0.5) is 0 Å². The normalized spacial score (nSPS) is 10.1. The summed E-state index contributed by atoms with van der Waals surface area (Å²) in [5.41, 5.74) is 1.95. The summed E-state index contributed by atoms with van der Waals surface area (Å²) >= 11 is 5.14. The first-order valence-electron chi connectivity index (χ1n) is 4.99. The summed E-state index contributed by atoms with van der Waals surface area (Å²) in [5.74, 6) is -0.135. The molecule has 0 aliphatic heterocycles. The average molecular weight is 246 g/mol. The summed E-state index contributed by atoms with van der Waals surface area (Å²) in [6.45, 7) is 0.143. The fourth-order valence-corrected chi connectivity index (χ4v) is 1.92. The molecule has 0 fully saturated rings. The minimum Gasteiger partial charge on any atom is -0.358 e. The summed E-state index contributed by atoms with van der Waals surface area (Å²) in [4.78, 5) is 14.3. The van der Waals surface area contributed by atoms with Crippen LogP contribution >= 0.6 is 12.2 Å². The van der Waals surface area contributed by atoms with E-state index in [2.05, 4.69) is 16.4 Å². The molecule has 1 aromatic carbocycles. The summed E-state index contributed by atoms with van der Waals surface area (Å²) in [7, 11) is 1.57. The minimum atomic E-state index is -0.135. The van der Waals surface area contributed by atoms with Crippen LogP contribution in [0.1, 0.15) is 5.56 Å². The molecular weight excluding hydrogens is 236 g/mol. The summed E-state index contributed by atoms with van der Waals surface area (Å²) in [6, 6.07) is 7.39. The second kappa shape index (κ2) is 4.39. The average Bonchev–Trinajstić information content (AvgIpc) is 2.66. The van der Waals surface area contributed by atoms with E-state index in [1.54, 1.807) is 23.7 Å². The molecule has 1 amide bonds. The van der Waals surface area contributed by atoms with Crippen LogP contribution in [-0.2, 0) is 11.3 Å². The largest absolute Gasteiger partial charge is 0.358 e. The number of benzene rings is 1. The highest BCUT2D eigenvalue weighted by Gasteiger charge is 2.10. The number of aromatic nitrogens is 2. The number of nitrogens with zero attached hydrogens (tertiary/aromatic N) is 2. The molecule has 2 aromatic rings. The molecule has 5 nitrogen and oxygen atoms in total. The van der Waals surface area contributed by atoms with E-state index in [4.69, 9.17) is 17.5 Å². The maximum Gasteiger partial charge on any atom is 0.239 e. The number of rotatable bonds is 2. The molecule has 0 aliphatic carbocycles. The van der Waals surface area contributed by atoms with Crippen LogP contribution in [0.25, 0.3) is 11.0 Å². The van der Waals surface area contributed by atoms with Gasteiger partial charge >= 0.3 is 0 Å². The highest BCUT2D eigenvalue weighted by atomic mass is 32.1. The number of hydrogen-bond donors (Lipinski definition) is 2. The first kappa shape index (κ1) is 11.4. The van der Waals surface area contributed by atoms with E-state index in [0.717, 1.165) is 5.52 Å². The van der Waals surface area contributed by atoms with Crippen LogP contribution in [0.3, 0.4) is 0 Å². The predicted molar refractivity (Wildman–Crippen MR) is 65.9 cm³/mol. The van der Waals surface area contributed by atoms with Crippen molar-refractivity contribution in [3.8, 4) is 6.07 Å². The van der Waals surface area contributed by atoms with E-state index in [9.17, 15) is 4.79 Å². The van der Waals surface area contributed by atoms with Crippen molar-refractivity contribution in [2.45, 2.75) is 6.54 Å². The van der Waals surface area contributed by atoms with E-state index in [-0.39, 0.29) is 12.5 Å². The van der Waals surface area contributed by atoms with E-state index in [0.29, 0.717) is 15.9 Å². The molecule has 0 saturated carbocycles. The van der Waals surface area contributed by atoms with Crippen molar-refractivity contribution < 1.29 is 4.79 Å². The van der Waals surface area contributed by atoms with Gasteiger partial charge in [0.1, 0.15) is 12.6 Å². The number of carbonyl (C=O) groups excluding carboxylic acids is 1. The molecule has 0 unspecified atom stereocenters. The van der Waals surface area contributed by atoms with Gasteiger partial charge in [0.15, 0.2) is 4.77 Å².